The number of carboxylic acids is 1. The molecule has 0 bridgehead atoms. The Morgan fingerprint density at radius 2 is 2.42 bits per heavy atom. The largest absolute Gasteiger partial charge is 0.476 e. The Morgan fingerprint density at radius 1 is 1.75 bits per heavy atom. The van der Waals surface area contributed by atoms with Crippen molar-refractivity contribution in [3.63, 3.8) is 0 Å². The van der Waals surface area contributed by atoms with Crippen molar-refractivity contribution in [3.05, 3.63) is 16.4 Å². The molecule has 0 atom stereocenters. The highest BCUT2D eigenvalue weighted by molar-refractivity contribution is 9.10. The number of hydrogen-bond donors (Lipinski definition) is 2. The van der Waals surface area contributed by atoms with Crippen LogP contribution >= 0.6 is 15.9 Å². The third-order valence-electron chi connectivity index (χ3n) is 1.31. The molecule has 1 rings (SSSR count). The van der Waals surface area contributed by atoms with Gasteiger partial charge in [-0.3, -0.25) is 4.68 Å². The first-order valence-corrected chi connectivity index (χ1v) is 4.01. The van der Waals surface area contributed by atoms with Crippen LogP contribution in [0.2, 0.25) is 0 Å². The van der Waals surface area contributed by atoms with E-state index in [0.717, 1.165) is 0 Å². The van der Waals surface area contributed by atoms with Gasteiger partial charge in [0.05, 0.1) is 23.8 Å². The van der Waals surface area contributed by atoms with E-state index < -0.39 is 5.97 Å². The zero-order chi connectivity index (χ0) is 9.14. The number of carboxylic acid groups (broad SMARTS) is 1. The summed E-state index contributed by atoms with van der Waals surface area (Å²) in [5.74, 6) is -1.06. The lowest BCUT2D eigenvalue weighted by atomic mass is 10.4. The highest BCUT2D eigenvalue weighted by atomic mass is 79.9. The van der Waals surface area contributed by atoms with Crippen molar-refractivity contribution in [2.75, 3.05) is 6.61 Å². The molecule has 0 spiro atoms. The number of rotatable bonds is 3. The molecule has 0 aliphatic carbocycles. The topological polar surface area (TPSA) is 75.3 Å². The van der Waals surface area contributed by atoms with Crippen molar-refractivity contribution >= 4 is 21.9 Å². The molecule has 1 aromatic rings. The SMILES string of the molecule is O=C(O)c1c(Br)cnn1CCO. The summed E-state index contributed by atoms with van der Waals surface area (Å²) >= 11 is 3.04. The van der Waals surface area contributed by atoms with Crippen molar-refractivity contribution in [2.24, 2.45) is 0 Å². The fourth-order valence-electron chi connectivity index (χ4n) is 0.839. The van der Waals surface area contributed by atoms with E-state index in [1.807, 2.05) is 0 Å². The smallest absolute Gasteiger partial charge is 0.355 e. The molecule has 0 amide bonds. The minimum atomic E-state index is -1.06. The lowest BCUT2D eigenvalue weighted by Gasteiger charge is -2.00. The zero-order valence-electron chi connectivity index (χ0n) is 6.07. The number of aromatic nitrogens is 2. The summed E-state index contributed by atoms with van der Waals surface area (Å²) in [6.07, 6.45) is 1.39. The summed E-state index contributed by atoms with van der Waals surface area (Å²) in [6, 6.07) is 0. The maximum atomic E-state index is 10.6. The molecule has 12 heavy (non-hydrogen) atoms. The maximum absolute atomic E-state index is 10.6. The van der Waals surface area contributed by atoms with Crippen molar-refractivity contribution < 1.29 is 15.0 Å². The molecule has 0 unspecified atom stereocenters. The molecular formula is C6H7BrN2O3. The summed E-state index contributed by atoms with van der Waals surface area (Å²) in [5.41, 5.74) is 0.0593. The van der Waals surface area contributed by atoms with Gasteiger partial charge in [-0.2, -0.15) is 5.10 Å². The lowest BCUT2D eigenvalue weighted by Crippen LogP contribution is -2.12. The summed E-state index contributed by atoms with van der Waals surface area (Å²) < 4.78 is 1.65. The second-order valence-electron chi connectivity index (χ2n) is 2.09. The Balaban J connectivity index is 3.04. The molecule has 0 aliphatic heterocycles. The molecule has 1 aromatic heterocycles. The van der Waals surface area contributed by atoms with Crippen molar-refractivity contribution in [2.45, 2.75) is 6.54 Å². The van der Waals surface area contributed by atoms with Crippen LogP contribution in [0, 0.1) is 0 Å². The van der Waals surface area contributed by atoms with Crippen LogP contribution in [-0.4, -0.2) is 32.6 Å². The van der Waals surface area contributed by atoms with Crippen molar-refractivity contribution in [1.29, 1.82) is 0 Å². The molecule has 0 fully saturated rings. The standard InChI is InChI=1S/C6H7BrN2O3/c7-4-3-8-9(1-2-10)5(4)6(11)12/h3,10H,1-2H2,(H,11,12). The van der Waals surface area contributed by atoms with Crippen LogP contribution in [0.1, 0.15) is 10.5 Å². The summed E-state index contributed by atoms with van der Waals surface area (Å²) in [7, 11) is 0. The van der Waals surface area contributed by atoms with Crippen LogP contribution in [0.25, 0.3) is 0 Å². The summed E-state index contributed by atoms with van der Waals surface area (Å²) in [6.45, 7) is 0.0572. The molecule has 6 heteroatoms. The van der Waals surface area contributed by atoms with Gasteiger partial charge in [-0.1, -0.05) is 0 Å². The monoisotopic (exact) mass is 234 g/mol. The second-order valence-corrected chi connectivity index (χ2v) is 2.95. The number of halogens is 1. The third-order valence-corrected chi connectivity index (χ3v) is 1.89. The Morgan fingerprint density at radius 3 is 2.92 bits per heavy atom. The van der Waals surface area contributed by atoms with E-state index in [-0.39, 0.29) is 18.8 Å². The zero-order valence-corrected chi connectivity index (χ0v) is 7.65. The maximum Gasteiger partial charge on any atom is 0.355 e. The Kier molecular flexibility index (Phi) is 2.83. The average molecular weight is 235 g/mol. The van der Waals surface area contributed by atoms with Gasteiger partial charge in [0.1, 0.15) is 0 Å². The Bertz CT molecular complexity index is 297. The quantitative estimate of drug-likeness (QED) is 0.791. The molecule has 0 aromatic carbocycles. The predicted octanol–water partition coefficient (Wildman–Crippen LogP) is 0.336. The first kappa shape index (κ1) is 9.21. The fraction of sp³-hybridized carbons (Fsp3) is 0.333. The van der Waals surface area contributed by atoms with Crippen LogP contribution in [0.15, 0.2) is 10.7 Å². The van der Waals surface area contributed by atoms with E-state index >= 15 is 0 Å². The lowest BCUT2D eigenvalue weighted by molar-refractivity contribution is 0.0680. The van der Waals surface area contributed by atoms with Gasteiger partial charge in [0, 0.05) is 0 Å². The van der Waals surface area contributed by atoms with E-state index in [9.17, 15) is 4.79 Å². The van der Waals surface area contributed by atoms with Gasteiger partial charge < -0.3 is 10.2 Å². The summed E-state index contributed by atoms with van der Waals surface area (Å²) in [5, 5.41) is 21.0. The molecular weight excluding hydrogens is 228 g/mol. The number of aromatic carboxylic acids is 1. The van der Waals surface area contributed by atoms with E-state index in [2.05, 4.69) is 21.0 Å². The van der Waals surface area contributed by atoms with Crippen molar-refractivity contribution in [1.82, 2.24) is 9.78 Å². The highest BCUT2D eigenvalue weighted by Crippen LogP contribution is 2.15. The van der Waals surface area contributed by atoms with E-state index in [1.54, 1.807) is 0 Å². The van der Waals surface area contributed by atoms with Crippen LogP contribution in [-0.2, 0) is 6.54 Å². The van der Waals surface area contributed by atoms with Crippen LogP contribution < -0.4 is 0 Å². The van der Waals surface area contributed by atoms with Crippen LogP contribution in [0.5, 0.6) is 0 Å². The molecule has 0 radical (unpaired) electrons. The average Bonchev–Trinajstić information content (AvgIpc) is 2.32. The first-order chi connectivity index (χ1) is 5.66. The van der Waals surface area contributed by atoms with Gasteiger partial charge in [-0.15, -0.1) is 0 Å². The molecule has 66 valence electrons. The predicted molar refractivity (Wildman–Crippen MR) is 44.0 cm³/mol. The fourth-order valence-corrected chi connectivity index (χ4v) is 1.31. The van der Waals surface area contributed by atoms with E-state index in [1.165, 1.54) is 10.9 Å². The van der Waals surface area contributed by atoms with E-state index in [0.29, 0.717) is 4.47 Å². The normalized spacial score (nSPS) is 10.2. The van der Waals surface area contributed by atoms with Crippen LogP contribution in [0.3, 0.4) is 0 Å². The summed E-state index contributed by atoms with van der Waals surface area (Å²) in [4.78, 5) is 10.6. The Labute approximate surface area is 76.8 Å². The number of nitrogens with zero attached hydrogens (tertiary/aromatic N) is 2. The molecule has 0 saturated carbocycles. The molecule has 0 aliphatic rings. The number of carbonyl (C=O) groups is 1. The third kappa shape index (κ3) is 1.64. The van der Waals surface area contributed by atoms with Gasteiger partial charge >= 0.3 is 5.97 Å². The minimum Gasteiger partial charge on any atom is -0.476 e. The molecule has 2 N–H and O–H groups in total. The minimum absolute atomic E-state index is 0.0593. The number of aliphatic hydroxyl groups excluding tert-OH is 1. The van der Waals surface area contributed by atoms with Gasteiger partial charge in [0.25, 0.3) is 0 Å². The Hall–Kier alpha value is -0.880. The van der Waals surface area contributed by atoms with Gasteiger partial charge in [-0.05, 0) is 15.9 Å². The molecule has 1 heterocycles. The number of hydrogen-bond acceptors (Lipinski definition) is 3. The second kappa shape index (κ2) is 3.68. The molecule has 0 saturated heterocycles. The first-order valence-electron chi connectivity index (χ1n) is 3.22. The van der Waals surface area contributed by atoms with Gasteiger partial charge in [0.2, 0.25) is 0 Å². The van der Waals surface area contributed by atoms with Crippen molar-refractivity contribution in [3.8, 4) is 0 Å². The highest BCUT2D eigenvalue weighted by Gasteiger charge is 2.14. The van der Waals surface area contributed by atoms with Gasteiger partial charge in [0.15, 0.2) is 5.69 Å². The number of aliphatic hydroxyl groups is 1. The van der Waals surface area contributed by atoms with Gasteiger partial charge in [-0.25, -0.2) is 4.79 Å². The molecule has 5 nitrogen and oxygen atoms in total. The van der Waals surface area contributed by atoms with Crippen LogP contribution in [0.4, 0.5) is 0 Å². The van der Waals surface area contributed by atoms with E-state index in [4.69, 9.17) is 10.2 Å².